The first-order valence-electron chi connectivity index (χ1n) is 26.5. The minimum absolute atomic E-state index is 0.188. The minimum atomic E-state index is -0.226. The Balaban J connectivity index is 1.21. The van der Waals surface area contributed by atoms with Crippen LogP contribution in [0.1, 0.15) is 106 Å². The molecule has 2 aliphatic rings. The number of nitrogens with zero attached hydrogens (tertiary/aromatic N) is 4. The molecule has 0 N–H and O–H groups in total. The van der Waals surface area contributed by atoms with Crippen molar-refractivity contribution in [1.29, 1.82) is 0 Å². The molecule has 0 atom stereocenters. The van der Waals surface area contributed by atoms with Crippen LogP contribution in [0.5, 0.6) is 11.5 Å². The van der Waals surface area contributed by atoms with Gasteiger partial charge in [-0.3, -0.25) is 9.97 Å². The normalized spacial score (nSPS) is 13.4. The molecule has 7 aromatic carbocycles. The molecule has 0 radical (unpaired) electrons. The zero-order valence-corrected chi connectivity index (χ0v) is 47.1. The van der Waals surface area contributed by atoms with E-state index in [0.29, 0.717) is 10.0 Å². The molecule has 0 bridgehead atoms. The fourth-order valence-corrected chi connectivity index (χ4v) is 11.6. The van der Waals surface area contributed by atoms with Gasteiger partial charge in [0.15, 0.2) is 0 Å². The molecular formula is C68H63BCl2N4O. The molecule has 378 valence electrons. The van der Waals surface area contributed by atoms with E-state index in [-0.39, 0.29) is 28.4 Å². The average Bonchev–Trinajstić information content (AvgIpc) is 3.77. The van der Waals surface area contributed by atoms with Crippen LogP contribution in [0.4, 0.5) is 17.1 Å². The van der Waals surface area contributed by atoms with Gasteiger partial charge in [0.05, 0.1) is 16.7 Å². The summed E-state index contributed by atoms with van der Waals surface area (Å²) < 4.78 is 9.56. The topological polar surface area (TPSA) is 43.2 Å². The van der Waals surface area contributed by atoms with Crippen molar-refractivity contribution in [2.75, 3.05) is 4.90 Å². The number of pyridine rings is 2. The highest BCUT2D eigenvalue weighted by molar-refractivity contribution is 6.99. The van der Waals surface area contributed by atoms with Gasteiger partial charge in [-0.2, -0.15) is 0 Å². The van der Waals surface area contributed by atoms with Crippen LogP contribution in [0.3, 0.4) is 0 Å². The SMILES string of the molecule is CC(C)(C)c1cc(-c2cccc(-c3cc(C(C)(C)C)nc(C(C)(C)C)c3)c2N2c3cc(Cl)ccc3B3c4ccc(Cl)cc4Oc4cc(-c5ccc6c(c5)c5ccccc5n6-c5ccccc5)cc2c43)cc(C(C)(C)C)n1. The molecule has 0 spiro atoms. The maximum Gasteiger partial charge on any atom is 0.256 e. The number of fused-ring (bicyclic) bond motifs is 7. The van der Waals surface area contributed by atoms with Crippen LogP contribution in [0.2, 0.25) is 10.0 Å². The summed E-state index contributed by atoms with van der Waals surface area (Å²) in [4.78, 5) is 13.3. The summed E-state index contributed by atoms with van der Waals surface area (Å²) in [5.74, 6) is 1.53. The molecule has 12 rings (SSSR count). The Hall–Kier alpha value is -7.12. The van der Waals surface area contributed by atoms with Gasteiger partial charge in [0.2, 0.25) is 0 Å². The Morgan fingerprint density at radius 3 is 1.55 bits per heavy atom. The molecule has 5 nitrogen and oxygen atoms in total. The number of rotatable bonds is 5. The Bertz CT molecular complexity index is 3840. The summed E-state index contributed by atoms with van der Waals surface area (Å²) >= 11 is 14.1. The maximum absolute atomic E-state index is 7.30. The zero-order chi connectivity index (χ0) is 53.4. The predicted molar refractivity (Wildman–Crippen MR) is 323 cm³/mol. The van der Waals surface area contributed by atoms with Gasteiger partial charge in [0, 0.05) is 93.4 Å². The maximum atomic E-state index is 7.30. The summed E-state index contributed by atoms with van der Waals surface area (Å²) in [6, 6.07) is 59.4. The van der Waals surface area contributed by atoms with Gasteiger partial charge < -0.3 is 14.2 Å². The van der Waals surface area contributed by atoms with Crippen molar-refractivity contribution in [3.8, 4) is 50.6 Å². The van der Waals surface area contributed by atoms with E-state index in [2.05, 4.69) is 238 Å². The van der Waals surface area contributed by atoms with Crippen molar-refractivity contribution in [1.82, 2.24) is 14.5 Å². The highest BCUT2D eigenvalue weighted by atomic mass is 35.5. The molecule has 2 aliphatic heterocycles. The van der Waals surface area contributed by atoms with Crippen LogP contribution in [0, 0.1) is 0 Å². The Morgan fingerprint density at radius 1 is 0.421 bits per heavy atom. The van der Waals surface area contributed by atoms with E-state index < -0.39 is 0 Å². The van der Waals surface area contributed by atoms with E-state index in [4.69, 9.17) is 37.9 Å². The first kappa shape index (κ1) is 49.7. The Kier molecular flexibility index (Phi) is 11.6. The lowest BCUT2D eigenvalue weighted by Crippen LogP contribution is -2.59. The van der Waals surface area contributed by atoms with Gasteiger partial charge >= 0.3 is 0 Å². The molecule has 0 aliphatic carbocycles. The number of benzene rings is 7. The smallest absolute Gasteiger partial charge is 0.256 e. The highest BCUT2D eigenvalue weighted by Crippen LogP contribution is 2.52. The lowest BCUT2D eigenvalue weighted by Gasteiger charge is -2.42. The molecule has 10 aromatic rings. The number of halogens is 2. The molecule has 5 heterocycles. The van der Waals surface area contributed by atoms with Crippen molar-refractivity contribution >= 4 is 85.2 Å². The second-order valence-electron chi connectivity index (χ2n) is 25.0. The lowest BCUT2D eigenvalue weighted by molar-refractivity contribution is 0.488. The van der Waals surface area contributed by atoms with E-state index in [9.17, 15) is 0 Å². The number of hydrogen-bond donors (Lipinski definition) is 0. The summed E-state index contributed by atoms with van der Waals surface area (Å²) in [5, 5.41) is 3.63. The third-order valence-electron chi connectivity index (χ3n) is 15.3. The van der Waals surface area contributed by atoms with Gasteiger partial charge in [-0.05, 0) is 130 Å². The molecule has 0 fully saturated rings. The summed E-state index contributed by atoms with van der Waals surface area (Å²) in [5.41, 5.74) is 19.4. The predicted octanol–water partition coefficient (Wildman–Crippen LogP) is 17.5. The second-order valence-corrected chi connectivity index (χ2v) is 25.9. The van der Waals surface area contributed by atoms with Gasteiger partial charge in [0.1, 0.15) is 11.5 Å². The fourth-order valence-electron chi connectivity index (χ4n) is 11.3. The van der Waals surface area contributed by atoms with Crippen LogP contribution < -0.4 is 26.0 Å². The third kappa shape index (κ3) is 8.49. The first-order chi connectivity index (χ1) is 36.0. The molecular weight excluding hydrogens is 970 g/mol. The van der Waals surface area contributed by atoms with Crippen molar-refractivity contribution in [3.05, 3.63) is 197 Å². The fraction of sp³-hybridized carbons (Fsp3) is 0.235. The first-order valence-corrected chi connectivity index (χ1v) is 27.3. The van der Waals surface area contributed by atoms with Crippen molar-refractivity contribution in [2.45, 2.75) is 105 Å². The largest absolute Gasteiger partial charge is 0.458 e. The van der Waals surface area contributed by atoms with Crippen molar-refractivity contribution < 1.29 is 4.74 Å². The number of aromatic nitrogens is 3. The quantitative estimate of drug-likeness (QED) is 0.161. The standard InChI is InChI=1S/C68H63BCl2N4O/c1-65(2,3)59-34-42(35-60(72-59)66(4,5)6)47-22-18-23-48(43-36-61(67(7,8)9)73-62(37-43)68(10,11)12)64(47)75-55-38-44(70)26-28-51(55)69-52-29-27-45(71)39-57(52)76-58-33-41(32-56(75)63(58)69)40-25-30-54-50(31-40)49-21-16-17-24-53(49)74(54)46-19-14-13-15-20-46/h13-39H,1-12H3. The van der Waals surface area contributed by atoms with Crippen LogP contribution in [0.25, 0.3) is 60.9 Å². The molecule has 0 saturated carbocycles. The minimum Gasteiger partial charge on any atom is -0.458 e. The Labute approximate surface area is 458 Å². The monoisotopic (exact) mass is 1030 g/mol. The third-order valence-corrected chi connectivity index (χ3v) is 15.8. The number of para-hydroxylation sites is 3. The van der Waals surface area contributed by atoms with Crippen molar-refractivity contribution in [2.24, 2.45) is 0 Å². The van der Waals surface area contributed by atoms with Crippen molar-refractivity contribution in [3.63, 3.8) is 0 Å². The van der Waals surface area contributed by atoms with Crippen LogP contribution in [0.15, 0.2) is 164 Å². The molecule has 3 aromatic heterocycles. The molecule has 8 heteroatoms. The summed E-state index contributed by atoms with van der Waals surface area (Å²) in [6.07, 6.45) is 0. The lowest BCUT2D eigenvalue weighted by atomic mass is 9.34. The summed E-state index contributed by atoms with van der Waals surface area (Å²) in [6.45, 7) is 26.9. The van der Waals surface area contributed by atoms with Crippen LogP contribution >= 0.6 is 23.2 Å². The number of ether oxygens (including phenoxy) is 1. The van der Waals surface area contributed by atoms with E-state index in [1.807, 2.05) is 18.2 Å². The molecule has 0 amide bonds. The average molecular weight is 1030 g/mol. The van der Waals surface area contributed by atoms with Gasteiger partial charge in [-0.25, -0.2) is 0 Å². The van der Waals surface area contributed by atoms with E-state index in [0.717, 1.165) is 118 Å². The van der Waals surface area contributed by atoms with Gasteiger partial charge in [-0.15, -0.1) is 0 Å². The van der Waals surface area contributed by atoms with Gasteiger partial charge in [-0.1, -0.05) is 179 Å². The summed E-state index contributed by atoms with van der Waals surface area (Å²) in [7, 11) is 0. The zero-order valence-electron chi connectivity index (χ0n) is 45.6. The van der Waals surface area contributed by atoms with Crippen LogP contribution in [-0.2, 0) is 21.7 Å². The number of anilines is 3. The molecule has 76 heavy (non-hydrogen) atoms. The second kappa shape index (κ2) is 17.7. The Morgan fingerprint density at radius 2 is 0.961 bits per heavy atom. The van der Waals surface area contributed by atoms with Crippen LogP contribution in [-0.4, -0.2) is 21.2 Å². The van der Waals surface area contributed by atoms with E-state index in [1.54, 1.807) is 0 Å². The number of hydrogen-bond acceptors (Lipinski definition) is 4. The molecule has 0 saturated heterocycles. The highest BCUT2D eigenvalue weighted by Gasteiger charge is 2.44. The van der Waals surface area contributed by atoms with E-state index in [1.165, 1.54) is 10.8 Å². The molecule has 0 unspecified atom stereocenters. The van der Waals surface area contributed by atoms with Gasteiger partial charge in [0.25, 0.3) is 6.71 Å². The van der Waals surface area contributed by atoms with E-state index >= 15 is 0 Å².